The summed E-state index contributed by atoms with van der Waals surface area (Å²) in [7, 11) is 1.82. The van der Waals surface area contributed by atoms with Gasteiger partial charge in [-0.1, -0.05) is 0 Å². The second kappa shape index (κ2) is 7.21. The maximum atomic E-state index is 5.44. The van der Waals surface area contributed by atoms with Gasteiger partial charge in [-0.2, -0.15) is 0 Å². The Hall–Kier alpha value is -0.120. The van der Waals surface area contributed by atoms with Gasteiger partial charge < -0.3 is 15.8 Å². The van der Waals surface area contributed by atoms with E-state index in [1.807, 2.05) is 7.11 Å². The molecule has 3 nitrogen and oxygen atoms in total. The van der Waals surface area contributed by atoms with Gasteiger partial charge in [-0.15, -0.1) is 0 Å². The van der Waals surface area contributed by atoms with Crippen molar-refractivity contribution in [2.24, 2.45) is 5.73 Å². The molecule has 0 aliphatic heterocycles. The molecule has 1 saturated carbocycles. The lowest BCUT2D eigenvalue weighted by Gasteiger charge is -2.28. The van der Waals surface area contributed by atoms with Crippen LogP contribution in [0.5, 0.6) is 0 Å². The molecule has 1 aliphatic carbocycles. The zero-order chi connectivity index (χ0) is 10.2. The second-order valence-electron chi connectivity index (χ2n) is 4.17. The van der Waals surface area contributed by atoms with Gasteiger partial charge in [0.25, 0.3) is 0 Å². The summed E-state index contributed by atoms with van der Waals surface area (Å²) in [6, 6.07) is 0.673. The van der Waals surface area contributed by atoms with Crippen LogP contribution in [0.3, 0.4) is 0 Å². The number of methoxy groups -OCH3 is 1. The Balaban J connectivity index is 2.05. The van der Waals surface area contributed by atoms with Crippen molar-refractivity contribution >= 4 is 0 Å². The molecule has 0 amide bonds. The van der Waals surface area contributed by atoms with Crippen LogP contribution in [0.1, 0.15) is 38.5 Å². The van der Waals surface area contributed by atoms with E-state index in [4.69, 9.17) is 10.5 Å². The Morgan fingerprint density at radius 3 is 2.93 bits per heavy atom. The van der Waals surface area contributed by atoms with Gasteiger partial charge in [0.1, 0.15) is 0 Å². The summed E-state index contributed by atoms with van der Waals surface area (Å²) in [6.45, 7) is 1.92. The highest BCUT2D eigenvalue weighted by molar-refractivity contribution is 4.78. The molecule has 84 valence electrons. The molecule has 1 rings (SSSR count). The smallest absolute Gasteiger partial charge is 0.0586 e. The fourth-order valence-electron chi connectivity index (χ4n) is 2.12. The Bertz CT molecular complexity index is 141. The van der Waals surface area contributed by atoms with Crippen molar-refractivity contribution < 1.29 is 4.74 Å². The number of nitrogens with one attached hydrogen (secondary N) is 1. The van der Waals surface area contributed by atoms with Crippen LogP contribution < -0.4 is 11.1 Å². The quantitative estimate of drug-likeness (QED) is 0.635. The monoisotopic (exact) mass is 200 g/mol. The fourth-order valence-corrected chi connectivity index (χ4v) is 2.12. The highest BCUT2D eigenvalue weighted by atomic mass is 16.5. The lowest BCUT2D eigenvalue weighted by molar-refractivity contribution is 0.0589. The van der Waals surface area contributed by atoms with Crippen LogP contribution in [0.4, 0.5) is 0 Å². The number of hydrogen-bond donors (Lipinski definition) is 2. The highest BCUT2D eigenvalue weighted by Gasteiger charge is 2.20. The summed E-state index contributed by atoms with van der Waals surface area (Å²) in [4.78, 5) is 0. The molecule has 0 aromatic carbocycles. The molecule has 0 heterocycles. The normalized spacial score (nSPS) is 27.9. The molecule has 3 heteroatoms. The van der Waals surface area contributed by atoms with Gasteiger partial charge in [0, 0.05) is 13.2 Å². The van der Waals surface area contributed by atoms with E-state index < -0.39 is 0 Å². The third kappa shape index (κ3) is 4.40. The van der Waals surface area contributed by atoms with Crippen LogP contribution in [0.2, 0.25) is 0 Å². The van der Waals surface area contributed by atoms with Crippen molar-refractivity contribution in [2.45, 2.75) is 50.7 Å². The first-order valence-corrected chi connectivity index (χ1v) is 5.83. The van der Waals surface area contributed by atoms with Crippen LogP contribution in [-0.4, -0.2) is 32.3 Å². The molecule has 1 fully saturated rings. The molecule has 14 heavy (non-hydrogen) atoms. The average Bonchev–Trinajstić information content (AvgIpc) is 2.25. The average molecular weight is 200 g/mol. The molecular weight excluding hydrogens is 176 g/mol. The van der Waals surface area contributed by atoms with Gasteiger partial charge in [0.2, 0.25) is 0 Å². The van der Waals surface area contributed by atoms with Gasteiger partial charge in [0.05, 0.1) is 6.10 Å². The predicted molar refractivity (Wildman–Crippen MR) is 59.3 cm³/mol. The van der Waals surface area contributed by atoms with Crippen molar-refractivity contribution in [2.75, 3.05) is 20.2 Å². The number of ether oxygens (including phenoxy) is 1. The molecule has 1 aliphatic rings. The van der Waals surface area contributed by atoms with Crippen LogP contribution in [0, 0.1) is 0 Å². The maximum Gasteiger partial charge on any atom is 0.0586 e. The van der Waals surface area contributed by atoms with E-state index in [0.717, 1.165) is 19.5 Å². The molecule has 0 radical (unpaired) electrons. The van der Waals surface area contributed by atoms with E-state index in [1.165, 1.54) is 32.1 Å². The third-order valence-corrected chi connectivity index (χ3v) is 3.02. The minimum absolute atomic E-state index is 0.482. The molecule has 0 saturated heterocycles. The van der Waals surface area contributed by atoms with Crippen molar-refractivity contribution in [3.63, 3.8) is 0 Å². The Morgan fingerprint density at radius 2 is 2.21 bits per heavy atom. The number of hydrogen-bond acceptors (Lipinski definition) is 3. The van der Waals surface area contributed by atoms with Crippen LogP contribution in [-0.2, 0) is 4.74 Å². The van der Waals surface area contributed by atoms with Crippen molar-refractivity contribution in [1.82, 2.24) is 5.32 Å². The summed E-state index contributed by atoms with van der Waals surface area (Å²) < 4.78 is 5.39. The summed E-state index contributed by atoms with van der Waals surface area (Å²) in [6.07, 6.45) is 7.83. The third-order valence-electron chi connectivity index (χ3n) is 3.02. The van der Waals surface area contributed by atoms with Gasteiger partial charge in [-0.3, -0.25) is 0 Å². The number of nitrogens with two attached hydrogens (primary N) is 1. The zero-order valence-electron chi connectivity index (χ0n) is 9.30. The molecule has 3 N–H and O–H groups in total. The van der Waals surface area contributed by atoms with E-state index in [1.54, 1.807) is 0 Å². The maximum absolute atomic E-state index is 5.44. The van der Waals surface area contributed by atoms with Crippen molar-refractivity contribution in [3.8, 4) is 0 Å². The van der Waals surface area contributed by atoms with Crippen molar-refractivity contribution in [3.05, 3.63) is 0 Å². The molecule has 2 unspecified atom stereocenters. The van der Waals surface area contributed by atoms with Gasteiger partial charge in [0.15, 0.2) is 0 Å². The topological polar surface area (TPSA) is 47.3 Å². The SMILES string of the molecule is COC1CCCC(NCCCCN)C1. The molecular formula is C11H24N2O. The Morgan fingerprint density at radius 1 is 1.36 bits per heavy atom. The molecule has 0 bridgehead atoms. The van der Waals surface area contributed by atoms with Gasteiger partial charge in [-0.25, -0.2) is 0 Å². The summed E-state index contributed by atoms with van der Waals surface area (Å²) in [5, 5.41) is 3.59. The molecule has 0 aromatic rings. The van der Waals surface area contributed by atoms with E-state index >= 15 is 0 Å². The first-order valence-electron chi connectivity index (χ1n) is 5.83. The van der Waals surface area contributed by atoms with Crippen molar-refractivity contribution in [1.29, 1.82) is 0 Å². The van der Waals surface area contributed by atoms with E-state index in [2.05, 4.69) is 5.32 Å². The lowest BCUT2D eigenvalue weighted by atomic mass is 9.93. The summed E-state index contributed by atoms with van der Waals surface area (Å²) in [5.41, 5.74) is 5.44. The van der Waals surface area contributed by atoms with E-state index in [9.17, 15) is 0 Å². The van der Waals surface area contributed by atoms with Gasteiger partial charge in [-0.05, 0) is 51.6 Å². The van der Waals surface area contributed by atoms with E-state index in [-0.39, 0.29) is 0 Å². The largest absolute Gasteiger partial charge is 0.381 e. The zero-order valence-corrected chi connectivity index (χ0v) is 9.30. The lowest BCUT2D eigenvalue weighted by Crippen LogP contribution is -2.37. The highest BCUT2D eigenvalue weighted by Crippen LogP contribution is 2.20. The number of unbranched alkanes of at least 4 members (excludes halogenated alkanes) is 1. The van der Waals surface area contributed by atoms with Crippen LogP contribution in [0.15, 0.2) is 0 Å². The van der Waals surface area contributed by atoms with Gasteiger partial charge >= 0.3 is 0 Å². The first-order chi connectivity index (χ1) is 6.86. The minimum atomic E-state index is 0.482. The number of rotatable bonds is 6. The summed E-state index contributed by atoms with van der Waals surface area (Å²) in [5.74, 6) is 0. The van der Waals surface area contributed by atoms with E-state index in [0.29, 0.717) is 12.1 Å². The first kappa shape index (κ1) is 12.0. The predicted octanol–water partition coefficient (Wildman–Crippen LogP) is 1.27. The molecule has 0 aromatic heterocycles. The standard InChI is InChI=1S/C11H24N2O/c1-14-11-6-4-5-10(9-11)13-8-3-2-7-12/h10-11,13H,2-9,12H2,1H3. The second-order valence-corrected chi connectivity index (χ2v) is 4.17. The minimum Gasteiger partial charge on any atom is -0.381 e. The van der Waals surface area contributed by atoms with Crippen LogP contribution >= 0.6 is 0 Å². The molecule has 0 spiro atoms. The summed E-state index contributed by atoms with van der Waals surface area (Å²) >= 11 is 0. The molecule has 2 atom stereocenters. The Labute approximate surface area is 87.4 Å². The fraction of sp³-hybridized carbons (Fsp3) is 1.00. The van der Waals surface area contributed by atoms with Crippen LogP contribution in [0.25, 0.3) is 0 Å². The Kier molecular flexibility index (Phi) is 6.15.